The minimum absolute atomic E-state index is 0.250. The molecule has 2 heterocycles. The maximum Gasteiger partial charge on any atom is 0.229 e. The molecule has 0 bridgehead atoms. The van der Waals surface area contributed by atoms with E-state index in [0.29, 0.717) is 23.1 Å². The standard InChI is InChI=1S/C17H18ClN5O2S2/c1-10(2)27(24,25)16-14(7-8-26-16)22-15-13(18)9-20-17(23-15)21-12-5-3-11(19)4-6-12/h3-10H,19H2,1-2H3,(H2,20,21,22,23). The molecule has 0 atom stereocenters. The summed E-state index contributed by atoms with van der Waals surface area (Å²) in [5.74, 6) is 0.624. The van der Waals surface area contributed by atoms with Gasteiger partial charge in [0.25, 0.3) is 0 Å². The number of halogens is 1. The summed E-state index contributed by atoms with van der Waals surface area (Å²) in [5.41, 5.74) is 7.52. The van der Waals surface area contributed by atoms with E-state index in [2.05, 4.69) is 20.6 Å². The lowest BCUT2D eigenvalue weighted by molar-refractivity contribution is 0.590. The van der Waals surface area contributed by atoms with Crippen molar-refractivity contribution in [2.45, 2.75) is 23.3 Å². The quantitative estimate of drug-likeness (QED) is 0.502. The number of nitrogens with zero attached hydrogens (tertiary/aromatic N) is 2. The van der Waals surface area contributed by atoms with Gasteiger partial charge in [0.15, 0.2) is 15.7 Å². The number of rotatable bonds is 6. The Hall–Kier alpha value is -2.36. The minimum Gasteiger partial charge on any atom is -0.399 e. The summed E-state index contributed by atoms with van der Waals surface area (Å²) in [6.45, 7) is 3.29. The molecule has 3 rings (SSSR count). The normalized spacial score (nSPS) is 11.6. The van der Waals surface area contributed by atoms with Crippen LogP contribution in [-0.4, -0.2) is 23.6 Å². The lowest BCUT2D eigenvalue weighted by Gasteiger charge is -2.12. The van der Waals surface area contributed by atoms with Crippen LogP contribution in [0.25, 0.3) is 0 Å². The van der Waals surface area contributed by atoms with Crippen LogP contribution >= 0.6 is 22.9 Å². The van der Waals surface area contributed by atoms with Gasteiger partial charge < -0.3 is 16.4 Å². The minimum atomic E-state index is -3.42. The van der Waals surface area contributed by atoms with Crippen LogP contribution in [0.15, 0.2) is 46.1 Å². The first-order chi connectivity index (χ1) is 12.8. The topological polar surface area (TPSA) is 110 Å². The Balaban J connectivity index is 1.88. The predicted molar refractivity (Wildman–Crippen MR) is 111 cm³/mol. The maximum atomic E-state index is 12.5. The number of nitrogens with one attached hydrogen (secondary N) is 2. The lowest BCUT2D eigenvalue weighted by Crippen LogP contribution is -2.14. The number of thiophene rings is 1. The van der Waals surface area contributed by atoms with E-state index >= 15 is 0 Å². The van der Waals surface area contributed by atoms with Crippen LogP contribution < -0.4 is 16.4 Å². The van der Waals surface area contributed by atoms with E-state index in [-0.39, 0.29) is 9.23 Å². The van der Waals surface area contributed by atoms with Crippen LogP contribution in [0.3, 0.4) is 0 Å². The first-order valence-electron chi connectivity index (χ1n) is 8.01. The Morgan fingerprint density at radius 3 is 2.52 bits per heavy atom. The summed E-state index contributed by atoms with van der Waals surface area (Å²) in [7, 11) is -3.42. The molecule has 1 aromatic carbocycles. The smallest absolute Gasteiger partial charge is 0.229 e. The van der Waals surface area contributed by atoms with Crippen molar-refractivity contribution in [2.75, 3.05) is 16.4 Å². The number of aromatic nitrogens is 2. The molecule has 7 nitrogen and oxygen atoms in total. The zero-order valence-corrected chi connectivity index (χ0v) is 17.0. The summed E-state index contributed by atoms with van der Waals surface area (Å²) < 4.78 is 25.3. The molecule has 4 N–H and O–H groups in total. The molecule has 0 fully saturated rings. The Morgan fingerprint density at radius 1 is 1.15 bits per heavy atom. The van der Waals surface area contributed by atoms with Gasteiger partial charge in [-0.05, 0) is 49.6 Å². The summed E-state index contributed by atoms with van der Waals surface area (Å²) in [5, 5.41) is 7.51. The molecule has 0 unspecified atom stereocenters. The second kappa shape index (κ2) is 7.71. The molecule has 0 aliphatic rings. The van der Waals surface area contributed by atoms with Crippen molar-refractivity contribution in [2.24, 2.45) is 0 Å². The van der Waals surface area contributed by atoms with E-state index in [1.807, 2.05) is 0 Å². The molecule has 142 valence electrons. The van der Waals surface area contributed by atoms with E-state index in [4.69, 9.17) is 17.3 Å². The lowest BCUT2D eigenvalue weighted by atomic mass is 10.3. The molecule has 0 radical (unpaired) electrons. The summed E-state index contributed by atoms with van der Waals surface area (Å²) in [4.78, 5) is 8.49. The third-order valence-corrected chi connectivity index (χ3v) is 7.62. The molecule has 0 aliphatic heterocycles. The van der Waals surface area contributed by atoms with Gasteiger partial charge >= 0.3 is 0 Å². The molecular formula is C17H18ClN5O2S2. The number of anilines is 5. The number of hydrogen-bond donors (Lipinski definition) is 3. The van der Waals surface area contributed by atoms with Gasteiger partial charge in [-0.25, -0.2) is 13.4 Å². The summed E-state index contributed by atoms with van der Waals surface area (Å²) >= 11 is 7.34. The largest absolute Gasteiger partial charge is 0.399 e. The predicted octanol–water partition coefficient (Wildman–Crippen LogP) is 4.44. The number of sulfone groups is 1. The van der Waals surface area contributed by atoms with Crippen molar-refractivity contribution in [3.63, 3.8) is 0 Å². The highest BCUT2D eigenvalue weighted by Gasteiger charge is 2.24. The van der Waals surface area contributed by atoms with Crippen LogP contribution in [0.4, 0.5) is 28.8 Å². The summed E-state index contributed by atoms with van der Waals surface area (Å²) in [6, 6.07) is 8.79. The van der Waals surface area contributed by atoms with Crippen molar-refractivity contribution in [1.82, 2.24) is 9.97 Å². The fourth-order valence-electron chi connectivity index (χ4n) is 2.16. The maximum absolute atomic E-state index is 12.5. The van der Waals surface area contributed by atoms with Crippen molar-refractivity contribution in [3.8, 4) is 0 Å². The summed E-state index contributed by atoms with van der Waals surface area (Å²) in [6.07, 6.45) is 1.44. The van der Waals surface area contributed by atoms with Gasteiger partial charge in [-0.1, -0.05) is 11.6 Å². The molecular weight excluding hydrogens is 406 g/mol. The van der Waals surface area contributed by atoms with Gasteiger partial charge in [0.05, 0.1) is 17.1 Å². The van der Waals surface area contributed by atoms with E-state index < -0.39 is 15.1 Å². The first kappa shape index (κ1) is 19.4. The van der Waals surface area contributed by atoms with Crippen LogP contribution in [0.2, 0.25) is 5.02 Å². The Labute approximate surface area is 166 Å². The van der Waals surface area contributed by atoms with Gasteiger partial charge in [0, 0.05) is 11.4 Å². The molecule has 10 heteroatoms. The molecule has 27 heavy (non-hydrogen) atoms. The molecule has 2 aromatic heterocycles. The van der Waals surface area contributed by atoms with E-state index in [0.717, 1.165) is 17.0 Å². The van der Waals surface area contributed by atoms with Crippen molar-refractivity contribution in [1.29, 1.82) is 0 Å². The van der Waals surface area contributed by atoms with E-state index in [9.17, 15) is 8.42 Å². The van der Waals surface area contributed by atoms with Crippen LogP contribution in [0.1, 0.15) is 13.8 Å². The average Bonchev–Trinajstić information content (AvgIpc) is 3.09. The zero-order chi connectivity index (χ0) is 19.6. The number of nitrogen functional groups attached to an aromatic ring is 1. The zero-order valence-electron chi connectivity index (χ0n) is 14.6. The molecule has 0 amide bonds. The molecule has 0 spiro atoms. The van der Waals surface area contributed by atoms with Gasteiger partial charge in [-0.15, -0.1) is 11.3 Å². The molecule has 0 saturated carbocycles. The van der Waals surface area contributed by atoms with Crippen molar-refractivity contribution in [3.05, 3.63) is 46.9 Å². The fraction of sp³-hybridized carbons (Fsp3) is 0.176. The van der Waals surface area contributed by atoms with Crippen LogP contribution in [-0.2, 0) is 9.84 Å². The number of nitrogens with two attached hydrogens (primary N) is 1. The SMILES string of the molecule is CC(C)S(=O)(=O)c1sccc1Nc1nc(Nc2ccc(N)cc2)ncc1Cl. The highest BCUT2D eigenvalue weighted by Crippen LogP contribution is 2.34. The first-order valence-corrected chi connectivity index (χ1v) is 10.8. The number of hydrogen-bond acceptors (Lipinski definition) is 8. The highest BCUT2D eigenvalue weighted by atomic mass is 35.5. The molecule has 0 saturated heterocycles. The molecule has 3 aromatic rings. The number of benzene rings is 1. The fourth-order valence-corrected chi connectivity index (χ4v) is 5.01. The van der Waals surface area contributed by atoms with Crippen molar-refractivity contribution >= 4 is 61.6 Å². The average molecular weight is 424 g/mol. The third kappa shape index (κ3) is 4.32. The van der Waals surface area contributed by atoms with Crippen molar-refractivity contribution < 1.29 is 8.42 Å². The van der Waals surface area contributed by atoms with Crippen LogP contribution in [0, 0.1) is 0 Å². The highest BCUT2D eigenvalue weighted by molar-refractivity contribution is 7.94. The van der Waals surface area contributed by atoms with Gasteiger partial charge in [0.1, 0.15) is 9.23 Å². The van der Waals surface area contributed by atoms with E-state index in [1.54, 1.807) is 49.6 Å². The van der Waals surface area contributed by atoms with Gasteiger partial charge in [-0.3, -0.25) is 0 Å². The van der Waals surface area contributed by atoms with Gasteiger partial charge in [0.2, 0.25) is 5.95 Å². The van der Waals surface area contributed by atoms with Crippen LogP contribution in [0.5, 0.6) is 0 Å². The Bertz CT molecular complexity index is 1050. The monoisotopic (exact) mass is 423 g/mol. The Morgan fingerprint density at radius 2 is 1.85 bits per heavy atom. The van der Waals surface area contributed by atoms with E-state index in [1.165, 1.54) is 6.20 Å². The second-order valence-corrected chi connectivity index (χ2v) is 10.0. The van der Waals surface area contributed by atoms with Gasteiger partial charge in [-0.2, -0.15) is 4.98 Å². The second-order valence-electron chi connectivity index (χ2n) is 5.98. The third-order valence-electron chi connectivity index (χ3n) is 3.67. The molecule has 0 aliphatic carbocycles. The Kier molecular flexibility index (Phi) is 5.54.